The van der Waals surface area contributed by atoms with Crippen LogP contribution in [-0.4, -0.2) is 37.1 Å². The average Bonchev–Trinajstić information content (AvgIpc) is 2.90. The van der Waals surface area contributed by atoms with Crippen LogP contribution in [0.4, 0.5) is 0 Å². The number of hydrogen-bond donors (Lipinski definition) is 0. The normalized spacial score (nSPS) is 18.1. The van der Waals surface area contributed by atoms with Gasteiger partial charge >= 0.3 is 0 Å². The highest BCUT2D eigenvalue weighted by Crippen LogP contribution is 2.29. The molecule has 0 bridgehead atoms. The molecule has 0 saturated carbocycles. The fourth-order valence-corrected chi connectivity index (χ4v) is 2.30. The van der Waals surface area contributed by atoms with E-state index in [0.717, 1.165) is 5.76 Å². The highest BCUT2D eigenvalue weighted by molar-refractivity contribution is 5.77. The predicted molar refractivity (Wildman–Crippen MR) is 68.3 cm³/mol. The third-order valence-corrected chi connectivity index (χ3v) is 3.47. The van der Waals surface area contributed by atoms with Crippen molar-refractivity contribution in [1.82, 2.24) is 4.90 Å². The van der Waals surface area contributed by atoms with Crippen molar-refractivity contribution >= 4 is 5.91 Å². The second-order valence-electron chi connectivity index (χ2n) is 5.06. The standard InChI is InChI=1S/C14H21NO3/c1-11(2)12(13-4-3-7-18-13)10-14(16)15-5-8-17-9-6-15/h3-4,7,11-12H,5-6,8-10H2,1-2H3/t12-/m1/s1. The number of carbonyl (C=O) groups is 1. The molecule has 0 aromatic carbocycles. The van der Waals surface area contributed by atoms with Crippen LogP contribution in [0.25, 0.3) is 0 Å². The predicted octanol–water partition coefficient (Wildman–Crippen LogP) is 2.27. The summed E-state index contributed by atoms with van der Waals surface area (Å²) in [6.45, 7) is 6.97. The fraction of sp³-hybridized carbons (Fsp3) is 0.643. The lowest BCUT2D eigenvalue weighted by atomic mass is 9.89. The van der Waals surface area contributed by atoms with Gasteiger partial charge in [-0.1, -0.05) is 13.8 Å². The van der Waals surface area contributed by atoms with E-state index in [1.165, 1.54) is 0 Å². The van der Waals surface area contributed by atoms with Gasteiger partial charge in [-0.3, -0.25) is 4.79 Å². The van der Waals surface area contributed by atoms with E-state index in [1.807, 2.05) is 17.0 Å². The molecule has 4 nitrogen and oxygen atoms in total. The van der Waals surface area contributed by atoms with Gasteiger partial charge in [-0.05, 0) is 18.1 Å². The molecule has 0 spiro atoms. The molecule has 0 radical (unpaired) electrons. The second kappa shape index (κ2) is 6.05. The minimum absolute atomic E-state index is 0.162. The summed E-state index contributed by atoms with van der Waals surface area (Å²) in [6.07, 6.45) is 2.19. The molecule has 4 heteroatoms. The molecule has 1 fully saturated rings. The molecule has 2 rings (SSSR count). The zero-order valence-electron chi connectivity index (χ0n) is 11.1. The first-order chi connectivity index (χ1) is 8.68. The number of morpholine rings is 1. The van der Waals surface area contributed by atoms with E-state index in [4.69, 9.17) is 9.15 Å². The van der Waals surface area contributed by atoms with Gasteiger partial charge in [0.1, 0.15) is 5.76 Å². The molecule has 1 amide bonds. The number of nitrogens with zero attached hydrogens (tertiary/aromatic N) is 1. The highest BCUT2D eigenvalue weighted by atomic mass is 16.5. The van der Waals surface area contributed by atoms with E-state index in [2.05, 4.69) is 13.8 Å². The molecule has 1 aliphatic heterocycles. The zero-order chi connectivity index (χ0) is 13.0. The Morgan fingerprint density at radius 3 is 2.67 bits per heavy atom. The Morgan fingerprint density at radius 1 is 1.39 bits per heavy atom. The van der Waals surface area contributed by atoms with Crippen molar-refractivity contribution < 1.29 is 13.9 Å². The smallest absolute Gasteiger partial charge is 0.223 e. The fourth-order valence-electron chi connectivity index (χ4n) is 2.30. The summed E-state index contributed by atoms with van der Waals surface area (Å²) in [6, 6.07) is 3.83. The quantitative estimate of drug-likeness (QED) is 0.824. The highest BCUT2D eigenvalue weighted by Gasteiger charge is 2.25. The van der Waals surface area contributed by atoms with Crippen LogP contribution in [0.5, 0.6) is 0 Å². The van der Waals surface area contributed by atoms with Crippen molar-refractivity contribution in [3.8, 4) is 0 Å². The largest absolute Gasteiger partial charge is 0.469 e. The summed E-state index contributed by atoms with van der Waals surface area (Å²) in [4.78, 5) is 14.1. The number of hydrogen-bond acceptors (Lipinski definition) is 3. The molecular weight excluding hydrogens is 230 g/mol. The van der Waals surface area contributed by atoms with Gasteiger partial charge < -0.3 is 14.1 Å². The summed E-state index contributed by atoms with van der Waals surface area (Å²) < 4.78 is 10.7. The van der Waals surface area contributed by atoms with Crippen molar-refractivity contribution in [2.75, 3.05) is 26.3 Å². The summed E-state index contributed by atoms with van der Waals surface area (Å²) in [7, 11) is 0. The number of ether oxygens (including phenoxy) is 1. The number of rotatable bonds is 4. The van der Waals surface area contributed by atoms with Crippen LogP contribution in [0.1, 0.15) is 31.9 Å². The van der Waals surface area contributed by atoms with E-state index in [1.54, 1.807) is 6.26 Å². The van der Waals surface area contributed by atoms with Gasteiger partial charge in [0.2, 0.25) is 5.91 Å². The van der Waals surface area contributed by atoms with Gasteiger partial charge in [0.05, 0.1) is 19.5 Å². The summed E-state index contributed by atoms with van der Waals surface area (Å²) in [5.74, 6) is 1.66. The molecular formula is C14H21NO3. The van der Waals surface area contributed by atoms with Gasteiger partial charge in [-0.25, -0.2) is 0 Å². The Balaban J connectivity index is 1.98. The molecule has 1 saturated heterocycles. The van der Waals surface area contributed by atoms with Crippen LogP contribution in [-0.2, 0) is 9.53 Å². The van der Waals surface area contributed by atoms with Gasteiger partial charge in [0.25, 0.3) is 0 Å². The van der Waals surface area contributed by atoms with E-state index in [0.29, 0.717) is 38.6 Å². The molecule has 1 aromatic heterocycles. The summed E-state index contributed by atoms with van der Waals surface area (Å²) >= 11 is 0. The van der Waals surface area contributed by atoms with E-state index in [-0.39, 0.29) is 11.8 Å². The van der Waals surface area contributed by atoms with Gasteiger partial charge in [-0.2, -0.15) is 0 Å². The van der Waals surface area contributed by atoms with Crippen LogP contribution in [0, 0.1) is 5.92 Å². The molecule has 1 aromatic rings. The first-order valence-electron chi connectivity index (χ1n) is 6.57. The topological polar surface area (TPSA) is 42.7 Å². The minimum Gasteiger partial charge on any atom is -0.469 e. The number of amides is 1. The lowest BCUT2D eigenvalue weighted by Gasteiger charge is -2.29. The molecule has 0 aliphatic carbocycles. The lowest BCUT2D eigenvalue weighted by Crippen LogP contribution is -2.41. The third kappa shape index (κ3) is 3.13. The van der Waals surface area contributed by atoms with Crippen molar-refractivity contribution in [1.29, 1.82) is 0 Å². The Kier molecular flexibility index (Phi) is 4.42. The monoisotopic (exact) mass is 251 g/mol. The van der Waals surface area contributed by atoms with E-state index < -0.39 is 0 Å². The lowest BCUT2D eigenvalue weighted by molar-refractivity contribution is -0.136. The minimum atomic E-state index is 0.162. The zero-order valence-corrected chi connectivity index (χ0v) is 11.1. The van der Waals surface area contributed by atoms with Crippen LogP contribution in [0.15, 0.2) is 22.8 Å². The van der Waals surface area contributed by atoms with Crippen molar-refractivity contribution in [3.05, 3.63) is 24.2 Å². The van der Waals surface area contributed by atoms with Crippen molar-refractivity contribution in [2.24, 2.45) is 5.92 Å². The third-order valence-electron chi connectivity index (χ3n) is 3.47. The summed E-state index contributed by atoms with van der Waals surface area (Å²) in [5.41, 5.74) is 0. The molecule has 1 atom stereocenters. The molecule has 0 unspecified atom stereocenters. The van der Waals surface area contributed by atoms with Gasteiger partial charge in [0, 0.05) is 25.4 Å². The molecule has 2 heterocycles. The Labute approximate surface area is 108 Å². The molecule has 1 aliphatic rings. The average molecular weight is 251 g/mol. The molecule has 18 heavy (non-hydrogen) atoms. The van der Waals surface area contributed by atoms with Crippen molar-refractivity contribution in [3.63, 3.8) is 0 Å². The maximum atomic E-state index is 12.2. The van der Waals surface area contributed by atoms with E-state index >= 15 is 0 Å². The SMILES string of the molecule is CC(C)[C@@H](CC(=O)N1CCOCC1)c1ccco1. The van der Waals surface area contributed by atoms with Gasteiger partial charge in [0.15, 0.2) is 0 Å². The van der Waals surface area contributed by atoms with Crippen molar-refractivity contribution in [2.45, 2.75) is 26.2 Å². The van der Waals surface area contributed by atoms with Crippen LogP contribution >= 0.6 is 0 Å². The molecule has 100 valence electrons. The summed E-state index contributed by atoms with van der Waals surface area (Å²) in [5, 5.41) is 0. The maximum absolute atomic E-state index is 12.2. The second-order valence-corrected chi connectivity index (χ2v) is 5.06. The van der Waals surface area contributed by atoms with E-state index in [9.17, 15) is 4.79 Å². The first-order valence-corrected chi connectivity index (χ1v) is 6.57. The Hall–Kier alpha value is -1.29. The Morgan fingerprint density at radius 2 is 2.11 bits per heavy atom. The number of carbonyl (C=O) groups excluding carboxylic acids is 1. The first kappa shape index (κ1) is 13.1. The van der Waals surface area contributed by atoms with Crippen LogP contribution < -0.4 is 0 Å². The maximum Gasteiger partial charge on any atom is 0.223 e. The van der Waals surface area contributed by atoms with Crippen LogP contribution in [0.3, 0.4) is 0 Å². The van der Waals surface area contributed by atoms with Crippen LogP contribution in [0.2, 0.25) is 0 Å². The Bertz CT molecular complexity index is 366. The molecule has 0 N–H and O–H groups in total. The number of furan rings is 1. The van der Waals surface area contributed by atoms with Gasteiger partial charge in [-0.15, -0.1) is 0 Å².